The highest BCUT2D eigenvalue weighted by Crippen LogP contribution is 2.21. The van der Waals surface area contributed by atoms with Gasteiger partial charge in [0, 0.05) is 30.9 Å². The van der Waals surface area contributed by atoms with E-state index in [0.717, 1.165) is 6.54 Å². The molecular formula is C15H26N2O2. The number of H-pyrrole nitrogens is 1. The first-order valence-corrected chi connectivity index (χ1v) is 6.80. The average molecular weight is 266 g/mol. The van der Waals surface area contributed by atoms with Crippen LogP contribution in [0, 0.1) is 11.8 Å². The number of ether oxygens (including phenoxy) is 1. The summed E-state index contributed by atoms with van der Waals surface area (Å²) in [6.45, 7) is 9.93. The van der Waals surface area contributed by atoms with Crippen LogP contribution in [-0.2, 0) is 14.9 Å². The van der Waals surface area contributed by atoms with E-state index in [1.165, 1.54) is 12.7 Å². The number of rotatable bonds is 7. The standard InChI is InChI=1S/C15H26N2O2/c1-11(2)13(14(18)19-5)9-17-10-15(3,4)12-6-7-16-8-12/h6-8,11,13,16-17H,9-10H2,1-5H3. The van der Waals surface area contributed by atoms with E-state index in [1.807, 2.05) is 26.2 Å². The Morgan fingerprint density at radius 2 is 2.16 bits per heavy atom. The molecule has 0 aliphatic rings. The molecule has 0 radical (unpaired) electrons. The Labute approximate surface area is 115 Å². The molecule has 1 aromatic rings. The van der Waals surface area contributed by atoms with Gasteiger partial charge in [-0.2, -0.15) is 0 Å². The van der Waals surface area contributed by atoms with Gasteiger partial charge in [-0.05, 0) is 17.5 Å². The number of aromatic amines is 1. The predicted octanol–water partition coefficient (Wildman–Crippen LogP) is 2.33. The Morgan fingerprint density at radius 3 is 2.63 bits per heavy atom. The van der Waals surface area contributed by atoms with Crippen molar-refractivity contribution in [3.05, 3.63) is 24.0 Å². The average Bonchev–Trinajstić information content (AvgIpc) is 2.87. The maximum Gasteiger partial charge on any atom is 0.310 e. The monoisotopic (exact) mass is 266 g/mol. The topological polar surface area (TPSA) is 54.1 Å². The van der Waals surface area contributed by atoms with Crippen LogP contribution < -0.4 is 5.32 Å². The van der Waals surface area contributed by atoms with E-state index in [0.29, 0.717) is 6.54 Å². The molecule has 0 spiro atoms. The highest BCUT2D eigenvalue weighted by molar-refractivity contribution is 5.72. The van der Waals surface area contributed by atoms with Crippen LogP contribution in [0.25, 0.3) is 0 Å². The highest BCUT2D eigenvalue weighted by Gasteiger charge is 2.25. The summed E-state index contributed by atoms with van der Waals surface area (Å²) in [4.78, 5) is 14.7. The Hall–Kier alpha value is -1.29. The zero-order chi connectivity index (χ0) is 14.5. The van der Waals surface area contributed by atoms with Gasteiger partial charge in [0.05, 0.1) is 13.0 Å². The molecule has 1 aromatic heterocycles. The lowest BCUT2D eigenvalue weighted by Crippen LogP contribution is -2.39. The maximum atomic E-state index is 11.7. The van der Waals surface area contributed by atoms with E-state index in [1.54, 1.807) is 0 Å². The van der Waals surface area contributed by atoms with Crippen molar-refractivity contribution in [1.29, 1.82) is 0 Å². The van der Waals surface area contributed by atoms with Crippen molar-refractivity contribution in [3.63, 3.8) is 0 Å². The predicted molar refractivity (Wildman–Crippen MR) is 77.0 cm³/mol. The van der Waals surface area contributed by atoms with Crippen molar-refractivity contribution >= 4 is 5.97 Å². The van der Waals surface area contributed by atoms with Crippen LogP contribution in [-0.4, -0.2) is 31.2 Å². The molecule has 0 fully saturated rings. The van der Waals surface area contributed by atoms with Crippen LogP contribution in [0.1, 0.15) is 33.3 Å². The van der Waals surface area contributed by atoms with Gasteiger partial charge in [-0.1, -0.05) is 27.7 Å². The van der Waals surface area contributed by atoms with Gasteiger partial charge in [0.2, 0.25) is 0 Å². The minimum atomic E-state index is -0.137. The largest absolute Gasteiger partial charge is 0.469 e. The third-order valence-corrected chi connectivity index (χ3v) is 3.62. The Morgan fingerprint density at radius 1 is 1.47 bits per heavy atom. The van der Waals surface area contributed by atoms with E-state index in [-0.39, 0.29) is 23.2 Å². The summed E-state index contributed by atoms with van der Waals surface area (Å²) in [5.74, 6) is 0.0456. The van der Waals surface area contributed by atoms with Gasteiger partial charge >= 0.3 is 5.97 Å². The van der Waals surface area contributed by atoms with Gasteiger partial charge in [-0.3, -0.25) is 4.79 Å². The van der Waals surface area contributed by atoms with E-state index in [9.17, 15) is 4.79 Å². The Balaban J connectivity index is 2.50. The number of aromatic nitrogens is 1. The Bertz CT molecular complexity index is 383. The highest BCUT2D eigenvalue weighted by atomic mass is 16.5. The molecule has 0 saturated heterocycles. The van der Waals surface area contributed by atoms with Crippen molar-refractivity contribution < 1.29 is 9.53 Å². The summed E-state index contributed by atoms with van der Waals surface area (Å²) in [6.07, 6.45) is 3.95. The number of carbonyl (C=O) groups is 1. The second-order valence-corrected chi connectivity index (χ2v) is 5.99. The van der Waals surface area contributed by atoms with Crippen LogP contribution in [0.15, 0.2) is 18.5 Å². The fraction of sp³-hybridized carbons (Fsp3) is 0.667. The van der Waals surface area contributed by atoms with Crippen LogP contribution in [0.2, 0.25) is 0 Å². The lowest BCUT2D eigenvalue weighted by molar-refractivity contribution is -0.146. The van der Waals surface area contributed by atoms with E-state index in [4.69, 9.17) is 4.74 Å². The molecule has 1 unspecified atom stereocenters. The SMILES string of the molecule is COC(=O)C(CNCC(C)(C)c1cc[nH]c1)C(C)C. The van der Waals surface area contributed by atoms with Gasteiger partial charge in [0.25, 0.3) is 0 Å². The molecule has 0 amide bonds. The number of esters is 1. The molecule has 0 aliphatic heterocycles. The molecule has 0 saturated carbocycles. The van der Waals surface area contributed by atoms with Crippen LogP contribution in [0.3, 0.4) is 0 Å². The first-order chi connectivity index (χ1) is 8.88. The molecule has 0 bridgehead atoms. The molecular weight excluding hydrogens is 240 g/mol. The third kappa shape index (κ3) is 4.39. The first-order valence-electron chi connectivity index (χ1n) is 6.80. The number of carbonyl (C=O) groups excluding carboxylic acids is 1. The number of hydrogen-bond donors (Lipinski definition) is 2. The minimum Gasteiger partial charge on any atom is -0.469 e. The molecule has 1 heterocycles. The summed E-state index contributed by atoms with van der Waals surface area (Å²) in [5, 5.41) is 3.40. The van der Waals surface area contributed by atoms with Gasteiger partial charge < -0.3 is 15.0 Å². The van der Waals surface area contributed by atoms with Gasteiger partial charge in [0.1, 0.15) is 0 Å². The zero-order valence-electron chi connectivity index (χ0n) is 12.6. The number of hydrogen-bond acceptors (Lipinski definition) is 3. The van der Waals surface area contributed by atoms with Gasteiger partial charge in [-0.15, -0.1) is 0 Å². The minimum absolute atomic E-state index is 0.0393. The van der Waals surface area contributed by atoms with Crippen LogP contribution in [0.4, 0.5) is 0 Å². The van der Waals surface area contributed by atoms with E-state index < -0.39 is 0 Å². The van der Waals surface area contributed by atoms with Crippen molar-refractivity contribution in [2.75, 3.05) is 20.2 Å². The Kier molecular flexibility index (Phi) is 5.60. The molecule has 1 atom stereocenters. The van der Waals surface area contributed by atoms with Crippen LogP contribution in [0.5, 0.6) is 0 Å². The lowest BCUT2D eigenvalue weighted by Gasteiger charge is -2.26. The van der Waals surface area contributed by atoms with Crippen molar-refractivity contribution in [2.24, 2.45) is 11.8 Å². The fourth-order valence-electron chi connectivity index (χ4n) is 2.13. The fourth-order valence-corrected chi connectivity index (χ4v) is 2.13. The summed E-state index contributed by atoms with van der Waals surface area (Å²) < 4.78 is 4.84. The smallest absolute Gasteiger partial charge is 0.310 e. The van der Waals surface area contributed by atoms with Crippen LogP contribution >= 0.6 is 0 Å². The summed E-state index contributed by atoms with van der Waals surface area (Å²) in [5.41, 5.74) is 1.30. The maximum absolute atomic E-state index is 11.7. The molecule has 0 aliphatic carbocycles. The molecule has 0 aromatic carbocycles. The molecule has 4 heteroatoms. The second-order valence-electron chi connectivity index (χ2n) is 5.99. The summed E-state index contributed by atoms with van der Waals surface area (Å²) >= 11 is 0. The molecule has 1 rings (SSSR count). The van der Waals surface area contributed by atoms with Gasteiger partial charge in [0.15, 0.2) is 0 Å². The van der Waals surface area contributed by atoms with Crippen molar-refractivity contribution in [1.82, 2.24) is 10.3 Å². The number of nitrogens with one attached hydrogen (secondary N) is 2. The number of methoxy groups -OCH3 is 1. The van der Waals surface area contributed by atoms with E-state index >= 15 is 0 Å². The summed E-state index contributed by atoms with van der Waals surface area (Å²) in [6, 6.07) is 2.09. The molecule has 19 heavy (non-hydrogen) atoms. The molecule has 2 N–H and O–H groups in total. The van der Waals surface area contributed by atoms with Gasteiger partial charge in [-0.25, -0.2) is 0 Å². The zero-order valence-corrected chi connectivity index (χ0v) is 12.6. The second kappa shape index (κ2) is 6.75. The lowest BCUT2D eigenvalue weighted by atomic mass is 9.86. The normalized spacial score (nSPS) is 13.6. The molecule has 4 nitrogen and oxygen atoms in total. The third-order valence-electron chi connectivity index (χ3n) is 3.62. The van der Waals surface area contributed by atoms with Crippen molar-refractivity contribution in [2.45, 2.75) is 33.1 Å². The quantitative estimate of drug-likeness (QED) is 0.745. The van der Waals surface area contributed by atoms with E-state index in [2.05, 4.69) is 30.2 Å². The summed E-state index contributed by atoms with van der Waals surface area (Å²) in [7, 11) is 1.45. The first kappa shape index (κ1) is 15.8. The van der Waals surface area contributed by atoms with Crippen molar-refractivity contribution in [3.8, 4) is 0 Å². The molecule has 108 valence electrons.